The minimum atomic E-state index is -0.254. The van der Waals surface area contributed by atoms with Crippen molar-refractivity contribution in [1.29, 1.82) is 0 Å². The number of fused-ring (bicyclic) bond motifs is 1. The van der Waals surface area contributed by atoms with Gasteiger partial charge in [-0.25, -0.2) is 9.37 Å². The van der Waals surface area contributed by atoms with Crippen molar-refractivity contribution in [3.63, 3.8) is 0 Å². The Morgan fingerprint density at radius 1 is 0.969 bits per heavy atom. The van der Waals surface area contributed by atoms with Crippen LogP contribution in [0.5, 0.6) is 0 Å². The fourth-order valence-corrected chi connectivity index (χ4v) is 4.14. The number of piperazine rings is 1. The van der Waals surface area contributed by atoms with Crippen LogP contribution in [-0.2, 0) is 7.05 Å². The van der Waals surface area contributed by atoms with E-state index in [9.17, 15) is 9.18 Å². The van der Waals surface area contributed by atoms with Gasteiger partial charge < -0.3 is 9.80 Å². The summed E-state index contributed by atoms with van der Waals surface area (Å²) in [5, 5.41) is 5.35. The van der Waals surface area contributed by atoms with E-state index in [1.165, 1.54) is 12.1 Å². The third kappa shape index (κ3) is 3.70. The maximum atomic E-state index is 13.4. The zero-order valence-corrected chi connectivity index (χ0v) is 18.1. The number of amides is 1. The molecule has 0 radical (unpaired) electrons. The Kier molecular flexibility index (Phi) is 5.09. The highest BCUT2D eigenvalue weighted by Gasteiger charge is 2.25. The molecule has 32 heavy (non-hydrogen) atoms. The third-order valence-electron chi connectivity index (χ3n) is 6.08. The first-order valence-electron chi connectivity index (χ1n) is 10.7. The SMILES string of the molecule is Cc1cc(C(=O)N2CCN(c3ccc4cccc(-c5ccc(F)cc5)c4n3)CC2)nn1C. The first-order chi connectivity index (χ1) is 15.5. The van der Waals surface area contributed by atoms with E-state index in [0.717, 1.165) is 33.5 Å². The van der Waals surface area contributed by atoms with Crippen molar-refractivity contribution < 1.29 is 9.18 Å². The van der Waals surface area contributed by atoms with Crippen molar-refractivity contribution in [3.05, 3.63) is 77.9 Å². The van der Waals surface area contributed by atoms with Gasteiger partial charge in [-0.3, -0.25) is 9.48 Å². The molecule has 0 bridgehead atoms. The Morgan fingerprint density at radius 2 is 1.72 bits per heavy atom. The average molecular weight is 429 g/mol. The molecule has 0 atom stereocenters. The molecular formula is C25H24FN5O. The Balaban J connectivity index is 1.37. The van der Waals surface area contributed by atoms with Gasteiger partial charge in [0.1, 0.15) is 11.6 Å². The lowest BCUT2D eigenvalue weighted by Crippen LogP contribution is -2.49. The molecule has 0 aliphatic carbocycles. The number of carbonyl (C=O) groups is 1. The van der Waals surface area contributed by atoms with Crippen molar-refractivity contribution in [2.45, 2.75) is 6.92 Å². The van der Waals surface area contributed by atoms with E-state index in [4.69, 9.17) is 4.98 Å². The molecule has 5 rings (SSSR count). The van der Waals surface area contributed by atoms with Gasteiger partial charge in [-0.1, -0.05) is 30.3 Å². The van der Waals surface area contributed by atoms with Crippen LogP contribution < -0.4 is 4.90 Å². The molecule has 1 aliphatic rings. The second kappa shape index (κ2) is 8.07. The smallest absolute Gasteiger partial charge is 0.274 e. The number of hydrogen-bond donors (Lipinski definition) is 0. The van der Waals surface area contributed by atoms with Crippen molar-refractivity contribution in [2.24, 2.45) is 7.05 Å². The monoisotopic (exact) mass is 429 g/mol. The number of aromatic nitrogens is 3. The van der Waals surface area contributed by atoms with Crippen LogP contribution in [0.3, 0.4) is 0 Å². The molecule has 1 aliphatic heterocycles. The second-order valence-electron chi connectivity index (χ2n) is 8.13. The number of hydrogen-bond acceptors (Lipinski definition) is 4. The third-order valence-corrected chi connectivity index (χ3v) is 6.08. The Labute approximate surface area is 185 Å². The summed E-state index contributed by atoms with van der Waals surface area (Å²) in [5.41, 5.74) is 4.25. The van der Waals surface area contributed by atoms with E-state index in [-0.39, 0.29) is 11.7 Å². The maximum absolute atomic E-state index is 13.4. The van der Waals surface area contributed by atoms with Crippen LogP contribution in [0.2, 0.25) is 0 Å². The molecule has 0 unspecified atom stereocenters. The molecule has 0 N–H and O–H groups in total. The summed E-state index contributed by atoms with van der Waals surface area (Å²) in [6.45, 7) is 4.58. The molecule has 0 spiro atoms. The number of halogens is 1. The Morgan fingerprint density at radius 3 is 2.41 bits per heavy atom. The zero-order chi connectivity index (χ0) is 22.2. The quantitative estimate of drug-likeness (QED) is 0.493. The number of aryl methyl sites for hydroxylation is 2. The standard InChI is InChI=1S/C25H24FN5O/c1-17-16-22(28-29(17)2)25(32)31-14-12-30(13-15-31)23-11-8-19-4-3-5-21(24(19)27-23)18-6-9-20(26)10-7-18/h3-11,16H,12-15H2,1-2H3. The molecule has 7 heteroatoms. The Hall–Kier alpha value is -3.74. The number of para-hydroxylation sites is 1. The number of benzene rings is 2. The molecule has 2 aromatic heterocycles. The molecule has 6 nitrogen and oxygen atoms in total. The van der Waals surface area contributed by atoms with Gasteiger partial charge in [-0.05, 0) is 42.8 Å². The molecule has 1 saturated heterocycles. The zero-order valence-electron chi connectivity index (χ0n) is 18.1. The van der Waals surface area contributed by atoms with Crippen molar-refractivity contribution >= 4 is 22.6 Å². The lowest BCUT2D eigenvalue weighted by atomic mass is 10.0. The van der Waals surface area contributed by atoms with Crippen LogP contribution in [0.4, 0.5) is 10.2 Å². The van der Waals surface area contributed by atoms with Crippen LogP contribution in [0.15, 0.2) is 60.7 Å². The van der Waals surface area contributed by atoms with E-state index in [2.05, 4.69) is 16.1 Å². The van der Waals surface area contributed by atoms with Gasteiger partial charge in [0.25, 0.3) is 5.91 Å². The van der Waals surface area contributed by atoms with Gasteiger partial charge in [0.05, 0.1) is 5.52 Å². The summed E-state index contributed by atoms with van der Waals surface area (Å²) in [7, 11) is 1.84. The Bertz CT molecular complexity index is 1270. The number of anilines is 1. The average Bonchev–Trinajstić information content (AvgIpc) is 3.16. The minimum Gasteiger partial charge on any atom is -0.353 e. The fraction of sp³-hybridized carbons (Fsp3) is 0.240. The van der Waals surface area contributed by atoms with Crippen LogP contribution in [0, 0.1) is 12.7 Å². The largest absolute Gasteiger partial charge is 0.353 e. The van der Waals surface area contributed by atoms with E-state index in [1.54, 1.807) is 16.8 Å². The summed E-state index contributed by atoms with van der Waals surface area (Å²) >= 11 is 0. The lowest BCUT2D eigenvalue weighted by molar-refractivity contribution is 0.0740. The summed E-state index contributed by atoms with van der Waals surface area (Å²) in [6, 6.07) is 18.5. The summed E-state index contributed by atoms with van der Waals surface area (Å²) in [6.07, 6.45) is 0. The van der Waals surface area contributed by atoms with Crippen LogP contribution >= 0.6 is 0 Å². The summed E-state index contributed by atoms with van der Waals surface area (Å²) < 4.78 is 15.1. The normalized spacial score (nSPS) is 14.2. The fourth-order valence-electron chi connectivity index (χ4n) is 4.14. The van der Waals surface area contributed by atoms with Gasteiger partial charge in [0.2, 0.25) is 0 Å². The number of rotatable bonds is 3. The minimum absolute atomic E-state index is 0.0292. The highest BCUT2D eigenvalue weighted by atomic mass is 19.1. The molecule has 1 amide bonds. The van der Waals surface area contributed by atoms with Crippen LogP contribution in [-0.4, -0.2) is 51.8 Å². The lowest BCUT2D eigenvalue weighted by Gasteiger charge is -2.35. The molecular weight excluding hydrogens is 405 g/mol. The van der Waals surface area contributed by atoms with Gasteiger partial charge >= 0.3 is 0 Å². The first kappa shape index (κ1) is 20.2. The van der Waals surface area contributed by atoms with Crippen molar-refractivity contribution in [1.82, 2.24) is 19.7 Å². The van der Waals surface area contributed by atoms with Gasteiger partial charge in [-0.15, -0.1) is 0 Å². The van der Waals surface area contributed by atoms with Crippen molar-refractivity contribution in [3.8, 4) is 11.1 Å². The molecule has 4 aromatic rings. The van der Waals surface area contributed by atoms with E-state index in [0.29, 0.717) is 31.9 Å². The second-order valence-corrected chi connectivity index (χ2v) is 8.13. The number of carbonyl (C=O) groups excluding carboxylic acids is 1. The molecule has 2 aromatic carbocycles. The molecule has 162 valence electrons. The predicted octanol–water partition coefficient (Wildman–Crippen LogP) is 4.05. The molecule has 0 saturated carbocycles. The van der Waals surface area contributed by atoms with E-state index in [1.807, 2.05) is 49.2 Å². The number of nitrogens with zero attached hydrogens (tertiary/aromatic N) is 5. The van der Waals surface area contributed by atoms with Crippen molar-refractivity contribution in [2.75, 3.05) is 31.1 Å². The van der Waals surface area contributed by atoms with E-state index >= 15 is 0 Å². The molecule has 1 fully saturated rings. The van der Waals surface area contributed by atoms with Crippen LogP contribution in [0.1, 0.15) is 16.2 Å². The van der Waals surface area contributed by atoms with Gasteiger partial charge in [0.15, 0.2) is 5.69 Å². The molecule has 3 heterocycles. The van der Waals surface area contributed by atoms with E-state index < -0.39 is 0 Å². The van der Waals surface area contributed by atoms with Gasteiger partial charge in [0, 0.05) is 49.9 Å². The number of pyridine rings is 1. The maximum Gasteiger partial charge on any atom is 0.274 e. The van der Waals surface area contributed by atoms with Crippen LogP contribution in [0.25, 0.3) is 22.0 Å². The highest BCUT2D eigenvalue weighted by Crippen LogP contribution is 2.29. The summed E-state index contributed by atoms with van der Waals surface area (Å²) in [5.74, 6) is 0.599. The predicted molar refractivity (Wildman–Crippen MR) is 123 cm³/mol. The summed E-state index contributed by atoms with van der Waals surface area (Å²) in [4.78, 5) is 21.8. The topological polar surface area (TPSA) is 54.3 Å². The highest BCUT2D eigenvalue weighted by molar-refractivity contribution is 5.95. The first-order valence-corrected chi connectivity index (χ1v) is 10.7. The van der Waals surface area contributed by atoms with Gasteiger partial charge in [-0.2, -0.15) is 5.10 Å².